The third-order valence-electron chi connectivity index (χ3n) is 4.19. The van der Waals surface area contributed by atoms with Crippen molar-refractivity contribution in [2.75, 3.05) is 26.3 Å². The number of benzene rings is 2. The highest BCUT2D eigenvalue weighted by atomic mass is 79.9. The van der Waals surface area contributed by atoms with Crippen molar-refractivity contribution in [3.8, 4) is 0 Å². The first-order chi connectivity index (χ1) is 13.8. The molecule has 0 atom stereocenters. The zero-order valence-electron chi connectivity index (χ0n) is 15.0. The summed E-state index contributed by atoms with van der Waals surface area (Å²) < 4.78 is 46.4. The van der Waals surface area contributed by atoms with E-state index in [0.29, 0.717) is 10.0 Å². The van der Waals surface area contributed by atoms with Crippen LogP contribution in [0.4, 0.5) is 4.39 Å². The Hall–Kier alpha value is -2.34. The highest BCUT2D eigenvalue weighted by Crippen LogP contribution is 2.22. The minimum Gasteiger partial charge on any atom is -0.379 e. The summed E-state index contributed by atoms with van der Waals surface area (Å²) in [5.41, 5.74) is 4.60. The zero-order chi connectivity index (χ0) is 21.0. The number of ether oxygens (including phenoxy) is 1. The Bertz CT molecular complexity index is 1040. The molecule has 3 rings (SSSR count). The predicted octanol–water partition coefficient (Wildman–Crippen LogP) is 1.68. The molecule has 0 radical (unpaired) electrons. The maximum atomic E-state index is 14.2. The molecule has 0 spiro atoms. The van der Waals surface area contributed by atoms with Gasteiger partial charge in [-0.1, -0.05) is 12.1 Å². The molecule has 2 N–H and O–H groups in total. The third kappa shape index (κ3) is 4.81. The van der Waals surface area contributed by atoms with E-state index in [0.717, 1.165) is 22.5 Å². The molecule has 1 aliphatic rings. The molecule has 154 valence electrons. The molecule has 0 unspecified atom stereocenters. The normalized spacial score (nSPS) is 15.0. The van der Waals surface area contributed by atoms with Gasteiger partial charge in [0.05, 0.1) is 18.8 Å². The number of carbonyl (C=O) groups is 2. The highest BCUT2D eigenvalue weighted by molar-refractivity contribution is 9.10. The molecule has 1 saturated heterocycles. The Morgan fingerprint density at radius 1 is 1.03 bits per heavy atom. The topological polar surface area (TPSA) is 105 Å². The Balaban J connectivity index is 1.76. The van der Waals surface area contributed by atoms with E-state index in [-0.39, 0.29) is 31.9 Å². The van der Waals surface area contributed by atoms with Crippen LogP contribution in [-0.4, -0.2) is 50.8 Å². The second-order valence-corrected chi connectivity index (χ2v) is 8.81. The molecule has 29 heavy (non-hydrogen) atoms. The Kier molecular flexibility index (Phi) is 6.63. The molecule has 0 aromatic heterocycles. The number of amides is 2. The molecule has 0 saturated carbocycles. The van der Waals surface area contributed by atoms with Crippen molar-refractivity contribution in [1.29, 1.82) is 0 Å². The van der Waals surface area contributed by atoms with E-state index in [4.69, 9.17) is 4.74 Å². The van der Waals surface area contributed by atoms with E-state index in [9.17, 15) is 22.4 Å². The maximum Gasteiger partial charge on any atom is 0.270 e. The van der Waals surface area contributed by atoms with Crippen molar-refractivity contribution < 1.29 is 27.1 Å². The van der Waals surface area contributed by atoms with Gasteiger partial charge in [0.25, 0.3) is 11.8 Å². The number of hydrazine groups is 1. The van der Waals surface area contributed by atoms with Crippen molar-refractivity contribution >= 4 is 37.8 Å². The largest absolute Gasteiger partial charge is 0.379 e. The molecule has 1 fully saturated rings. The molecule has 2 aromatic carbocycles. The van der Waals surface area contributed by atoms with E-state index in [1.165, 1.54) is 0 Å². The van der Waals surface area contributed by atoms with Crippen LogP contribution in [0.25, 0.3) is 0 Å². The number of nitrogens with one attached hydrogen (secondary N) is 2. The summed E-state index contributed by atoms with van der Waals surface area (Å²) in [4.78, 5) is 23.9. The second kappa shape index (κ2) is 8.99. The van der Waals surface area contributed by atoms with Crippen LogP contribution >= 0.6 is 15.9 Å². The number of carbonyl (C=O) groups excluding carboxylic acids is 2. The molecule has 11 heteroatoms. The van der Waals surface area contributed by atoms with Gasteiger partial charge in [-0.05, 0) is 46.3 Å². The fourth-order valence-corrected chi connectivity index (χ4v) is 4.63. The summed E-state index contributed by atoms with van der Waals surface area (Å²) >= 11 is 3.23. The predicted molar refractivity (Wildman–Crippen MR) is 105 cm³/mol. The van der Waals surface area contributed by atoms with Crippen LogP contribution in [0.15, 0.2) is 51.8 Å². The monoisotopic (exact) mass is 485 g/mol. The molecule has 2 aromatic rings. The van der Waals surface area contributed by atoms with Crippen LogP contribution in [0.1, 0.15) is 20.7 Å². The van der Waals surface area contributed by atoms with Crippen LogP contribution < -0.4 is 10.9 Å². The lowest BCUT2D eigenvalue weighted by Gasteiger charge is -2.26. The van der Waals surface area contributed by atoms with Gasteiger partial charge in [-0.2, -0.15) is 4.31 Å². The van der Waals surface area contributed by atoms with Crippen LogP contribution in [0.3, 0.4) is 0 Å². The van der Waals surface area contributed by atoms with E-state index >= 15 is 0 Å². The van der Waals surface area contributed by atoms with Crippen molar-refractivity contribution in [3.05, 3.63) is 63.9 Å². The fourth-order valence-electron chi connectivity index (χ4n) is 2.67. The van der Waals surface area contributed by atoms with E-state index in [1.807, 2.05) is 0 Å². The van der Waals surface area contributed by atoms with Gasteiger partial charge in [-0.15, -0.1) is 0 Å². The van der Waals surface area contributed by atoms with E-state index < -0.39 is 32.6 Å². The Labute approximate surface area is 175 Å². The van der Waals surface area contributed by atoms with Crippen molar-refractivity contribution in [1.82, 2.24) is 15.2 Å². The summed E-state index contributed by atoms with van der Waals surface area (Å²) in [5, 5.41) is 0. The zero-order valence-corrected chi connectivity index (χ0v) is 17.4. The lowest BCUT2D eigenvalue weighted by Crippen LogP contribution is -2.42. The van der Waals surface area contributed by atoms with Crippen molar-refractivity contribution in [2.45, 2.75) is 4.90 Å². The number of nitrogens with zero attached hydrogens (tertiary/aromatic N) is 1. The molecule has 1 heterocycles. The van der Waals surface area contributed by atoms with Gasteiger partial charge in [-0.25, -0.2) is 12.8 Å². The number of morpholine rings is 1. The number of hydrogen-bond donors (Lipinski definition) is 2. The van der Waals surface area contributed by atoms with E-state index in [1.54, 1.807) is 24.3 Å². The number of rotatable bonds is 4. The molecular weight excluding hydrogens is 469 g/mol. The van der Waals surface area contributed by atoms with Crippen LogP contribution in [-0.2, 0) is 14.8 Å². The van der Waals surface area contributed by atoms with Gasteiger partial charge >= 0.3 is 0 Å². The lowest BCUT2D eigenvalue weighted by molar-refractivity contribution is 0.0729. The standard InChI is InChI=1S/C18H17BrFN3O5S/c19-14-4-2-1-3-13(14)18(25)22-21-17(24)12-5-6-15(20)16(11-12)29(26,27)23-7-9-28-10-8-23/h1-6,11H,7-10H2,(H,21,24)(H,22,25). The van der Waals surface area contributed by atoms with E-state index in [2.05, 4.69) is 26.8 Å². The molecule has 1 aliphatic heterocycles. The summed E-state index contributed by atoms with van der Waals surface area (Å²) in [6, 6.07) is 9.58. The quantitative estimate of drug-likeness (QED) is 0.641. The van der Waals surface area contributed by atoms with Gasteiger partial charge in [-0.3, -0.25) is 20.4 Å². The van der Waals surface area contributed by atoms with Crippen LogP contribution in [0, 0.1) is 5.82 Å². The second-order valence-electron chi connectivity index (χ2n) is 6.05. The molecule has 8 nitrogen and oxygen atoms in total. The minimum absolute atomic E-state index is 0.0974. The molecule has 0 bridgehead atoms. The van der Waals surface area contributed by atoms with Gasteiger partial charge in [0, 0.05) is 23.1 Å². The van der Waals surface area contributed by atoms with Gasteiger partial charge in [0.1, 0.15) is 10.7 Å². The lowest BCUT2D eigenvalue weighted by atomic mass is 10.2. The van der Waals surface area contributed by atoms with Gasteiger partial charge in [0.15, 0.2) is 0 Å². The SMILES string of the molecule is O=C(NNC(=O)c1ccccc1Br)c1ccc(F)c(S(=O)(=O)N2CCOCC2)c1. The van der Waals surface area contributed by atoms with Crippen molar-refractivity contribution in [2.24, 2.45) is 0 Å². The molecule has 2 amide bonds. The summed E-state index contributed by atoms with van der Waals surface area (Å²) in [6.07, 6.45) is 0. The summed E-state index contributed by atoms with van der Waals surface area (Å²) in [7, 11) is -4.12. The first-order valence-electron chi connectivity index (χ1n) is 8.53. The molecule has 0 aliphatic carbocycles. The first kappa shape index (κ1) is 21.4. The summed E-state index contributed by atoms with van der Waals surface area (Å²) in [5.74, 6) is -2.33. The average molecular weight is 486 g/mol. The van der Waals surface area contributed by atoms with Crippen LogP contribution in [0.5, 0.6) is 0 Å². The third-order valence-corrected chi connectivity index (χ3v) is 6.79. The smallest absolute Gasteiger partial charge is 0.270 e. The Morgan fingerprint density at radius 3 is 2.38 bits per heavy atom. The number of sulfonamides is 1. The minimum atomic E-state index is -4.12. The summed E-state index contributed by atoms with van der Waals surface area (Å²) in [6.45, 7) is 0.616. The first-order valence-corrected chi connectivity index (χ1v) is 10.8. The fraction of sp³-hybridized carbons (Fsp3) is 0.222. The van der Waals surface area contributed by atoms with Gasteiger partial charge < -0.3 is 4.74 Å². The molecular formula is C18H17BrFN3O5S. The number of hydrogen-bond acceptors (Lipinski definition) is 5. The van der Waals surface area contributed by atoms with Gasteiger partial charge in [0.2, 0.25) is 10.0 Å². The van der Waals surface area contributed by atoms with Crippen LogP contribution in [0.2, 0.25) is 0 Å². The average Bonchev–Trinajstić information content (AvgIpc) is 2.73. The maximum absolute atomic E-state index is 14.2. The van der Waals surface area contributed by atoms with Crippen molar-refractivity contribution in [3.63, 3.8) is 0 Å². The highest BCUT2D eigenvalue weighted by Gasteiger charge is 2.29. The number of halogens is 2. The Morgan fingerprint density at radius 2 is 1.69 bits per heavy atom.